The lowest BCUT2D eigenvalue weighted by Gasteiger charge is -2.33. The molecule has 1 aliphatic rings. The van der Waals surface area contributed by atoms with Crippen LogP contribution < -0.4 is 4.74 Å². The molecule has 1 unspecified atom stereocenters. The van der Waals surface area contributed by atoms with E-state index in [2.05, 4.69) is 26.0 Å². The summed E-state index contributed by atoms with van der Waals surface area (Å²) < 4.78 is 5.27. The molecule has 0 radical (unpaired) electrons. The van der Waals surface area contributed by atoms with E-state index in [1.165, 1.54) is 5.56 Å². The summed E-state index contributed by atoms with van der Waals surface area (Å²) in [6, 6.07) is 5.98. The Kier molecular flexibility index (Phi) is 4.32. The fourth-order valence-electron chi connectivity index (χ4n) is 3.64. The molecule has 0 spiro atoms. The van der Waals surface area contributed by atoms with Crippen molar-refractivity contribution in [2.75, 3.05) is 7.11 Å². The molecule has 20 heavy (non-hydrogen) atoms. The van der Waals surface area contributed by atoms with Gasteiger partial charge in [0.1, 0.15) is 5.75 Å². The number of benzene rings is 1. The third-order valence-electron chi connectivity index (χ3n) is 4.88. The Morgan fingerprint density at radius 3 is 2.55 bits per heavy atom. The van der Waals surface area contributed by atoms with Gasteiger partial charge in [-0.3, -0.25) is 4.79 Å². The molecule has 2 nitrogen and oxygen atoms in total. The lowest BCUT2D eigenvalue weighted by molar-refractivity contribution is 0.0876. The Labute approximate surface area is 121 Å². The van der Waals surface area contributed by atoms with Crippen LogP contribution in [0.1, 0.15) is 56.0 Å². The summed E-state index contributed by atoms with van der Waals surface area (Å²) in [5.74, 6) is 1.11. The van der Waals surface area contributed by atoms with E-state index in [1.54, 1.807) is 7.11 Å². The third kappa shape index (κ3) is 2.07. The number of fused-ring (bicyclic) bond motifs is 1. The SMILES string of the molecule is C/C=C/CC1C(=O)c2cc(OC)ccc2C1(CC)CC. The molecule has 0 saturated carbocycles. The number of hydrogen-bond acceptors (Lipinski definition) is 2. The number of hydrogen-bond donors (Lipinski definition) is 0. The van der Waals surface area contributed by atoms with Crippen LogP contribution in [0.5, 0.6) is 5.75 Å². The van der Waals surface area contributed by atoms with Crippen molar-refractivity contribution in [3.8, 4) is 5.75 Å². The lowest BCUT2D eigenvalue weighted by Crippen LogP contribution is -2.32. The Morgan fingerprint density at radius 2 is 2.00 bits per heavy atom. The number of methoxy groups -OCH3 is 1. The maximum absolute atomic E-state index is 12.8. The van der Waals surface area contributed by atoms with Gasteiger partial charge in [0.05, 0.1) is 7.11 Å². The van der Waals surface area contributed by atoms with Crippen LogP contribution >= 0.6 is 0 Å². The monoisotopic (exact) mass is 272 g/mol. The molecule has 0 bridgehead atoms. The van der Waals surface area contributed by atoms with Gasteiger partial charge in [-0.1, -0.05) is 32.1 Å². The molecule has 1 aromatic rings. The van der Waals surface area contributed by atoms with Gasteiger partial charge in [0.2, 0.25) is 0 Å². The third-order valence-corrected chi connectivity index (χ3v) is 4.88. The van der Waals surface area contributed by atoms with E-state index in [9.17, 15) is 4.79 Å². The molecule has 1 aliphatic carbocycles. The number of ether oxygens (including phenoxy) is 1. The van der Waals surface area contributed by atoms with Gasteiger partial charge in [0.15, 0.2) is 5.78 Å². The van der Waals surface area contributed by atoms with Crippen molar-refractivity contribution >= 4 is 5.78 Å². The van der Waals surface area contributed by atoms with Gasteiger partial charge in [-0.25, -0.2) is 0 Å². The minimum absolute atomic E-state index is 0.0157. The summed E-state index contributed by atoms with van der Waals surface area (Å²) in [5, 5.41) is 0. The molecule has 0 saturated heterocycles. The molecule has 2 heteroatoms. The maximum Gasteiger partial charge on any atom is 0.167 e. The standard InChI is InChI=1S/C18H24O2/c1-5-8-9-16-17(19)14-12-13(20-4)10-11-15(14)18(16,6-2)7-3/h5,8,10-12,16H,6-7,9H2,1-4H3/b8-5+. The van der Waals surface area contributed by atoms with E-state index in [1.807, 2.05) is 25.1 Å². The predicted octanol–water partition coefficient (Wildman–Crippen LogP) is 4.53. The highest BCUT2D eigenvalue weighted by molar-refractivity contribution is 6.04. The quantitative estimate of drug-likeness (QED) is 0.736. The minimum atomic E-state index is -0.0157. The fraction of sp³-hybridized carbons (Fsp3) is 0.500. The van der Waals surface area contributed by atoms with Crippen LogP contribution in [0.2, 0.25) is 0 Å². The van der Waals surface area contributed by atoms with Crippen molar-refractivity contribution in [1.29, 1.82) is 0 Å². The normalized spacial score (nSPS) is 20.4. The molecule has 1 atom stereocenters. The molecule has 2 rings (SSSR count). The first-order valence-electron chi connectivity index (χ1n) is 7.48. The van der Waals surface area contributed by atoms with Crippen LogP contribution in [0, 0.1) is 5.92 Å². The van der Waals surface area contributed by atoms with Gasteiger partial charge in [-0.15, -0.1) is 0 Å². The zero-order valence-corrected chi connectivity index (χ0v) is 12.9. The van der Waals surface area contributed by atoms with Gasteiger partial charge in [0, 0.05) is 16.9 Å². The van der Waals surface area contributed by atoms with Crippen molar-refractivity contribution in [2.45, 2.75) is 45.4 Å². The van der Waals surface area contributed by atoms with E-state index in [0.29, 0.717) is 0 Å². The van der Waals surface area contributed by atoms with Crippen LogP contribution in [-0.2, 0) is 5.41 Å². The Hall–Kier alpha value is -1.57. The predicted molar refractivity (Wildman–Crippen MR) is 82.5 cm³/mol. The Balaban J connectivity index is 2.55. The summed E-state index contributed by atoms with van der Waals surface area (Å²) in [6.45, 7) is 6.40. The number of allylic oxidation sites excluding steroid dienone is 2. The van der Waals surface area contributed by atoms with E-state index >= 15 is 0 Å². The Bertz CT molecular complexity index is 524. The molecule has 0 fully saturated rings. The number of Topliss-reactive ketones (excluding diaryl/α,β-unsaturated/α-hetero) is 1. The molecule has 108 valence electrons. The smallest absolute Gasteiger partial charge is 0.167 e. The second-order valence-electron chi connectivity index (χ2n) is 5.50. The summed E-state index contributed by atoms with van der Waals surface area (Å²) in [6.07, 6.45) is 6.97. The largest absolute Gasteiger partial charge is 0.497 e. The highest BCUT2D eigenvalue weighted by Crippen LogP contribution is 2.50. The maximum atomic E-state index is 12.8. The molecule has 0 N–H and O–H groups in total. The van der Waals surface area contributed by atoms with Crippen molar-refractivity contribution in [1.82, 2.24) is 0 Å². The second kappa shape index (κ2) is 5.82. The number of carbonyl (C=O) groups is 1. The van der Waals surface area contributed by atoms with Crippen molar-refractivity contribution < 1.29 is 9.53 Å². The molecule has 0 heterocycles. The summed E-state index contributed by atoms with van der Waals surface area (Å²) in [4.78, 5) is 12.8. The lowest BCUT2D eigenvalue weighted by atomic mass is 9.69. The number of carbonyl (C=O) groups excluding carboxylic acids is 1. The number of ketones is 1. The highest BCUT2D eigenvalue weighted by Gasteiger charge is 2.48. The van der Waals surface area contributed by atoms with Crippen LogP contribution in [0.3, 0.4) is 0 Å². The number of rotatable bonds is 5. The van der Waals surface area contributed by atoms with Crippen molar-refractivity contribution in [2.24, 2.45) is 5.92 Å². The second-order valence-corrected chi connectivity index (χ2v) is 5.50. The van der Waals surface area contributed by atoms with Gasteiger partial charge in [-0.05, 0) is 43.9 Å². The molecule has 0 amide bonds. The average Bonchev–Trinajstić information content (AvgIpc) is 2.73. The highest BCUT2D eigenvalue weighted by atomic mass is 16.5. The summed E-state index contributed by atoms with van der Waals surface area (Å²) in [7, 11) is 1.64. The summed E-state index contributed by atoms with van der Waals surface area (Å²) in [5.41, 5.74) is 2.06. The first-order valence-corrected chi connectivity index (χ1v) is 7.48. The molecule has 1 aromatic carbocycles. The first kappa shape index (κ1) is 14.8. The van der Waals surface area contributed by atoms with Crippen LogP contribution in [-0.4, -0.2) is 12.9 Å². The summed E-state index contributed by atoms with van der Waals surface area (Å²) >= 11 is 0. The van der Waals surface area contributed by atoms with Gasteiger partial charge < -0.3 is 4.74 Å². The molecular formula is C18H24O2. The van der Waals surface area contributed by atoms with Crippen LogP contribution in [0.25, 0.3) is 0 Å². The van der Waals surface area contributed by atoms with E-state index in [4.69, 9.17) is 4.74 Å². The van der Waals surface area contributed by atoms with Gasteiger partial charge in [0.25, 0.3) is 0 Å². The van der Waals surface area contributed by atoms with Gasteiger partial charge >= 0.3 is 0 Å². The fourth-order valence-corrected chi connectivity index (χ4v) is 3.64. The van der Waals surface area contributed by atoms with Crippen LogP contribution in [0.4, 0.5) is 0 Å². The van der Waals surface area contributed by atoms with E-state index < -0.39 is 0 Å². The minimum Gasteiger partial charge on any atom is -0.497 e. The first-order chi connectivity index (χ1) is 9.64. The Morgan fingerprint density at radius 1 is 1.30 bits per heavy atom. The molecule has 0 aromatic heterocycles. The van der Waals surface area contributed by atoms with Crippen LogP contribution in [0.15, 0.2) is 30.4 Å². The zero-order valence-electron chi connectivity index (χ0n) is 12.9. The molecule has 0 aliphatic heterocycles. The topological polar surface area (TPSA) is 26.3 Å². The van der Waals surface area contributed by atoms with Crippen molar-refractivity contribution in [3.05, 3.63) is 41.5 Å². The zero-order chi connectivity index (χ0) is 14.8. The van der Waals surface area contributed by atoms with Crippen molar-refractivity contribution in [3.63, 3.8) is 0 Å². The van der Waals surface area contributed by atoms with E-state index in [0.717, 1.165) is 30.6 Å². The average molecular weight is 272 g/mol. The van der Waals surface area contributed by atoms with Gasteiger partial charge in [-0.2, -0.15) is 0 Å². The van der Waals surface area contributed by atoms with E-state index in [-0.39, 0.29) is 17.1 Å². The molecular weight excluding hydrogens is 248 g/mol.